The van der Waals surface area contributed by atoms with Crippen LogP contribution in [0.2, 0.25) is 0 Å². The number of ether oxygens (including phenoxy) is 2. The maximum absolute atomic E-state index is 13.4. The third kappa shape index (κ3) is 4.87. The lowest BCUT2D eigenvalue weighted by atomic mass is 9.76. The van der Waals surface area contributed by atoms with Crippen molar-refractivity contribution in [1.82, 2.24) is 9.91 Å². The van der Waals surface area contributed by atoms with E-state index in [2.05, 4.69) is 24.3 Å². The van der Waals surface area contributed by atoms with Gasteiger partial charge in [0.25, 0.3) is 0 Å². The van der Waals surface area contributed by atoms with E-state index in [0.29, 0.717) is 31.0 Å². The van der Waals surface area contributed by atoms with Crippen LogP contribution in [0.4, 0.5) is 0 Å². The number of methoxy groups -OCH3 is 2. The fourth-order valence-electron chi connectivity index (χ4n) is 5.39. The van der Waals surface area contributed by atoms with Gasteiger partial charge in [0, 0.05) is 31.0 Å². The average Bonchev–Trinajstić information content (AvgIpc) is 2.92. The first-order chi connectivity index (χ1) is 17.6. The minimum atomic E-state index is -0.125. The molecule has 36 heavy (non-hydrogen) atoms. The normalized spacial score (nSPS) is 21.8. The highest BCUT2D eigenvalue weighted by Gasteiger charge is 2.40. The van der Waals surface area contributed by atoms with Gasteiger partial charge in [-0.05, 0) is 55.0 Å². The van der Waals surface area contributed by atoms with Gasteiger partial charge in [-0.3, -0.25) is 9.59 Å². The molecular formula is C29H33N3O4. The van der Waals surface area contributed by atoms with Gasteiger partial charge in [-0.15, -0.1) is 0 Å². The maximum Gasteiger partial charge on any atom is 0.247 e. The lowest BCUT2D eigenvalue weighted by molar-refractivity contribution is -0.138. The minimum absolute atomic E-state index is 0.0429. The molecule has 0 unspecified atom stereocenters. The van der Waals surface area contributed by atoms with Gasteiger partial charge in [-0.1, -0.05) is 36.4 Å². The molecule has 7 heteroatoms. The monoisotopic (exact) mass is 487 g/mol. The third-order valence-corrected chi connectivity index (χ3v) is 7.41. The van der Waals surface area contributed by atoms with Crippen molar-refractivity contribution < 1.29 is 19.1 Å². The van der Waals surface area contributed by atoms with Crippen LogP contribution in [0.1, 0.15) is 48.8 Å². The van der Waals surface area contributed by atoms with Gasteiger partial charge in [0.1, 0.15) is 0 Å². The van der Waals surface area contributed by atoms with Crippen molar-refractivity contribution in [2.75, 3.05) is 20.8 Å². The van der Waals surface area contributed by atoms with Crippen molar-refractivity contribution >= 4 is 17.5 Å². The standard InChI is InChI=1S/C29H33N3O4/c1-35-25-15-14-22(17-26(25)36-2)28-23-7-3-4-8-24(23)29(34)32(30-28)19-21-12-10-20(11-13-21)18-31-16-6-5-9-27(31)33/h3-4,10-15,17,23-24H,5-9,16,18-19H2,1-2H3/t23-,24+/m1/s1. The molecule has 0 bridgehead atoms. The smallest absolute Gasteiger partial charge is 0.247 e. The number of carbonyl (C=O) groups excluding carboxylic acids is 2. The number of likely N-dealkylation sites (tertiary alicyclic amines) is 1. The Morgan fingerprint density at radius 1 is 0.861 bits per heavy atom. The molecule has 1 aliphatic carbocycles. The summed E-state index contributed by atoms with van der Waals surface area (Å²) in [5, 5.41) is 6.51. The number of amides is 2. The fourth-order valence-corrected chi connectivity index (χ4v) is 5.39. The fraction of sp³-hybridized carbons (Fsp3) is 0.414. The number of carbonyl (C=O) groups is 2. The largest absolute Gasteiger partial charge is 0.493 e. The second-order valence-corrected chi connectivity index (χ2v) is 9.70. The lowest BCUT2D eigenvalue weighted by Gasteiger charge is -2.37. The Bertz CT molecular complexity index is 1190. The molecule has 2 aromatic rings. The number of hydrogen-bond donors (Lipinski definition) is 0. The second kappa shape index (κ2) is 10.6. The third-order valence-electron chi connectivity index (χ3n) is 7.41. The molecular weight excluding hydrogens is 454 g/mol. The summed E-state index contributed by atoms with van der Waals surface area (Å²) in [5.41, 5.74) is 3.96. The Balaban J connectivity index is 1.38. The van der Waals surface area contributed by atoms with E-state index in [1.165, 1.54) is 0 Å². The van der Waals surface area contributed by atoms with Gasteiger partial charge in [0.2, 0.25) is 11.8 Å². The molecule has 2 atom stereocenters. The van der Waals surface area contributed by atoms with Crippen LogP contribution in [-0.2, 0) is 22.7 Å². The van der Waals surface area contributed by atoms with Gasteiger partial charge in [-0.2, -0.15) is 5.10 Å². The number of fused-ring (bicyclic) bond motifs is 1. The predicted octanol–water partition coefficient (Wildman–Crippen LogP) is 4.55. The summed E-state index contributed by atoms with van der Waals surface area (Å²) in [6, 6.07) is 14.0. The number of benzene rings is 2. The summed E-state index contributed by atoms with van der Waals surface area (Å²) >= 11 is 0. The minimum Gasteiger partial charge on any atom is -0.493 e. The van der Waals surface area contributed by atoms with Crippen molar-refractivity contribution in [2.24, 2.45) is 16.9 Å². The van der Waals surface area contributed by atoms with Crippen LogP contribution in [0, 0.1) is 11.8 Å². The topological polar surface area (TPSA) is 71.4 Å². The van der Waals surface area contributed by atoms with Gasteiger partial charge >= 0.3 is 0 Å². The molecule has 0 radical (unpaired) electrons. The summed E-state index contributed by atoms with van der Waals surface area (Å²) in [7, 11) is 3.24. The highest BCUT2D eigenvalue weighted by atomic mass is 16.5. The van der Waals surface area contributed by atoms with E-state index >= 15 is 0 Å². The predicted molar refractivity (Wildman–Crippen MR) is 138 cm³/mol. The first-order valence-corrected chi connectivity index (χ1v) is 12.7. The Morgan fingerprint density at radius 3 is 2.25 bits per heavy atom. The zero-order valence-corrected chi connectivity index (χ0v) is 21.0. The van der Waals surface area contributed by atoms with Gasteiger partial charge in [-0.25, -0.2) is 5.01 Å². The zero-order chi connectivity index (χ0) is 25.1. The van der Waals surface area contributed by atoms with Crippen molar-refractivity contribution in [3.8, 4) is 11.5 Å². The van der Waals surface area contributed by atoms with E-state index in [4.69, 9.17) is 14.6 Å². The number of allylic oxidation sites excluding steroid dienone is 2. The second-order valence-electron chi connectivity index (χ2n) is 9.70. The van der Waals surface area contributed by atoms with Crippen LogP contribution in [-0.4, -0.2) is 48.2 Å². The molecule has 5 rings (SSSR count). The van der Waals surface area contributed by atoms with Crippen molar-refractivity contribution in [3.63, 3.8) is 0 Å². The van der Waals surface area contributed by atoms with Crippen LogP contribution in [0.25, 0.3) is 0 Å². The summed E-state index contributed by atoms with van der Waals surface area (Å²) in [4.78, 5) is 27.5. The number of hydrogen-bond acceptors (Lipinski definition) is 5. The first-order valence-electron chi connectivity index (χ1n) is 12.7. The van der Waals surface area contributed by atoms with Crippen molar-refractivity contribution in [3.05, 3.63) is 71.3 Å². The van der Waals surface area contributed by atoms with Crippen LogP contribution >= 0.6 is 0 Å². The molecule has 2 aromatic carbocycles. The highest BCUT2D eigenvalue weighted by molar-refractivity contribution is 6.07. The van der Waals surface area contributed by atoms with E-state index in [1.54, 1.807) is 19.2 Å². The van der Waals surface area contributed by atoms with E-state index in [0.717, 1.165) is 54.6 Å². The SMILES string of the molecule is COc1ccc(C2=NN(Cc3ccc(CN4CCCCC4=O)cc3)C(=O)[C@H]3CC=CC[C@@H]23)cc1OC. The van der Waals surface area contributed by atoms with Gasteiger partial charge < -0.3 is 14.4 Å². The Labute approximate surface area is 212 Å². The van der Waals surface area contributed by atoms with E-state index < -0.39 is 0 Å². The molecule has 0 N–H and O–H groups in total. The molecule has 2 amide bonds. The molecule has 2 heterocycles. The van der Waals surface area contributed by atoms with Gasteiger partial charge in [0.05, 0.1) is 32.4 Å². The zero-order valence-electron chi connectivity index (χ0n) is 21.0. The number of nitrogens with zero attached hydrogens (tertiary/aromatic N) is 3. The summed E-state index contributed by atoms with van der Waals surface area (Å²) in [5.74, 6) is 1.53. The summed E-state index contributed by atoms with van der Waals surface area (Å²) in [6.07, 6.45) is 8.46. The molecule has 1 saturated heterocycles. The molecule has 0 aromatic heterocycles. The number of piperidine rings is 1. The van der Waals surface area contributed by atoms with Crippen LogP contribution in [0.15, 0.2) is 59.7 Å². The molecule has 0 spiro atoms. The highest BCUT2D eigenvalue weighted by Crippen LogP contribution is 2.37. The van der Waals surface area contributed by atoms with Crippen LogP contribution in [0.3, 0.4) is 0 Å². The summed E-state index contributed by atoms with van der Waals surface area (Å²) < 4.78 is 10.9. The van der Waals surface area contributed by atoms with Crippen molar-refractivity contribution in [2.45, 2.75) is 45.2 Å². The Hall–Kier alpha value is -3.61. The van der Waals surface area contributed by atoms with E-state index in [-0.39, 0.29) is 23.7 Å². The molecule has 2 aliphatic heterocycles. The Kier molecular flexibility index (Phi) is 7.07. The maximum atomic E-state index is 13.4. The van der Waals surface area contributed by atoms with Crippen LogP contribution in [0.5, 0.6) is 11.5 Å². The quantitative estimate of drug-likeness (QED) is 0.538. The average molecular weight is 488 g/mol. The number of hydrazone groups is 1. The molecule has 3 aliphatic rings. The van der Waals surface area contributed by atoms with Gasteiger partial charge in [0.15, 0.2) is 11.5 Å². The molecule has 7 nitrogen and oxygen atoms in total. The number of rotatable bonds is 7. The first kappa shape index (κ1) is 24.1. The molecule has 1 fully saturated rings. The van der Waals surface area contributed by atoms with E-state index in [9.17, 15) is 9.59 Å². The lowest BCUT2D eigenvalue weighted by Crippen LogP contribution is -2.45. The Morgan fingerprint density at radius 2 is 1.56 bits per heavy atom. The van der Waals surface area contributed by atoms with Crippen molar-refractivity contribution in [1.29, 1.82) is 0 Å². The van der Waals surface area contributed by atoms with Crippen LogP contribution < -0.4 is 9.47 Å². The molecule has 0 saturated carbocycles. The molecule has 188 valence electrons. The summed E-state index contributed by atoms with van der Waals surface area (Å²) in [6.45, 7) is 1.87. The van der Waals surface area contributed by atoms with E-state index in [1.807, 2.05) is 35.2 Å².